The first-order chi connectivity index (χ1) is 8.70. The molecule has 0 aromatic heterocycles. The van der Waals surface area contributed by atoms with Crippen LogP contribution >= 0.6 is 0 Å². The van der Waals surface area contributed by atoms with Gasteiger partial charge in [0.15, 0.2) is 0 Å². The van der Waals surface area contributed by atoms with E-state index < -0.39 is 10.8 Å². The number of rotatable bonds is 4. The van der Waals surface area contributed by atoms with Crippen molar-refractivity contribution < 1.29 is 4.21 Å². The van der Waals surface area contributed by atoms with E-state index in [-0.39, 0.29) is 0 Å². The lowest BCUT2D eigenvalue weighted by atomic mass is 10.5. The summed E-state index contributed by atoms with van der Waals surface area (Å²) in [6.07, 6.45) is 0. The SMILES string of the molecule is C=C([13c]1cccc[13cH]1)S(=O)C(=C)[13c]1cccc[13cH]1. The Morgan fingerprint density at radius 2 is 1.06 bits per heavy atom. The molecule has 0 saturated carbocycles. The molecular weight excluding hydrogens is 244 g/mol. The molecule has 18 heavy (non-hydrogen) atoms. The van der Waals surface area contributed by atoms with E-state index in [0.717, 1.165) is 11.1 Å². The monoisotopic (exact) mass is 258 g/mol. The molecule has 0 saturated heterocycles. The van der Waals surface area contributed by atoms with Crippen LogP contribution in [0.2, 0.25) is 0 Å². The summed E-state index contributed by atoms with van der Waals surface area (Å²) in [7, 11) is -1.30. The Morgan fingerprint density at radius 1 is 0.722 bits per heavy atom. The Bertz CT molecular complexity index is 532. The maximum absolute atomic E-state index is 12.4. The van der Waals surface area contributed by atoms with Crippen LogP contribution in [0.4, 0.5) is 0 Å². The molecule has 90 valence electrons. The number of hydrogen-bond acceptors (Lipinski definition) is 1. The van der Waals surface area contributed by atoms with Gasteiger partial charge in [0.25, 0.3) is 0 Å². The van der Waals surface area contributed by atoms with Crippen LogP contribution < -0.4 is 0 Å². The fourth-order valence-electron chi connectivity index (χ4n) is 1.61. The van der Waals surface area contributed by atoms with E-state index in [4.69, 9.17) is 0 Å². The Labute approximate surface area is 110 Å². The predicted octanol–water partition coefficient (Wildman–Crippen LogP) is 4.08. The first kappa shape index (κ1) is 12.5. The standard InChI is InChI=1S/C16H14OS/c1-13(15-9-5-3-6-10-15)18(17)14(2)16-11-7-4-8-12-16/h3-12H,1-2H2/i9+1,11+1,15+1,16+1. The van der Waals surface area contributed by atoms with E-state index in [1.165, 1.54) is 0 Å². The van der Waals surface area contributed by atoms with Crippen molar-refractivity contribution in [2.24, 2.45) is 0 Å². The molecule has 2 heteroatoms. The molecule has 0 aliphatic heterocycles. The van der Waals surface area contributed by atoms with Crippen molar-refractivity contribution in [2.75, 3.05) is 0 Å². The molecule has 0 aliphatic rings. The van der Waals surface area contributed by atoms with Gasteiger partial charge < -0.3 is 0 Å². The van der Waals surface area contributed by atoms with Crippen LogP contribution in [-0.4, -0.2) is 4.21 Å². The quantitative estimate of drug-likeness (QED) is 0.807. The molecule has 0 N–H and O–H groups in total. The predicted molar refractivity (Wildman–Crippen MR) is 79.1 cm³/mol. The Balaban J connectivity index is 2.23. The zero-order chi connectivity index (χ0) is 13.0. The summed E-state index contributed by atoms with van der Waals surface area (Å²) in [5.74, 6) is 0. The summed E-state index contributed by atoms with van der Waals surface area (Å²) in [6, 6.07) is 19.1. The van der Waals surface area contributed by atoms with Gasteiger partial charge in [-0.3, -0.25) is 0 Å². The topological polar surface area (TPSA) is 17.1 Å². The van der Waals surface area contributed by atoms with Crippen LogP contribution in [0.5, 0.6) is 0 Å². The summed E-state index contributed by atoms with van der Waals surface area (Å²) in [5.41, 5.74) is 1.76. The minimum absolute atomic E-state index is 0.587. The van der Waals surface area contributed by atoms with E-state index in [9.17, 15) is 4.21 Å². The van der Waals surface area contributed by atoms with Gasteiger partial charge in [-0.15, -0.1) is 0 Å². The molecule has 0 aliphatic carbocycles. The third kappa shape index (κ3) is 2.66. The van der Waals surface area contributed by atoms with Gasteiger partial charge in [-0.2, -0.15) is 0 Å². The highest BCUT2D eigenvalue weighted by atomic mass is 32.2. The van der Waals surface area contributed by atoms with Crippen LogP contribution in [0.25, 0.3) is 9.81 Å². The van der Waals surface area contributed by atoms with Crippen molar-refractivity contribution in [3.05, 3.63) is 84.9 Å². The van der Waals surface area contributed by atoms with Crippen LogP contribution in [0.1, 0.15) is 11.1 Å². The minimum atomic E-state index is -1.30. The summed E-state index contributed by atoms with van der Waals surface area (Å²) >= 11 is 0. The maximum atomic E-state index is 12.4. The largest absolute Gasteiger partial charge is 0.249 e. The normalized spacial score (nSPS) is 10.3. The van der Waals surface area contributed by atoms with Gasteiger partial charge in [0.1, 0.15) is 0 Å². The fraction of sp³-hybridized carbons (Fsp3) is 0. The van der Waals surface area contributed by atoms with Crippen molar-refractivity contribution in [2.45, 2.75) is 0 Å². The van der Waals surface area contributed by atoms with Crippen molar-refractivity contribution in [1.82, 2.24) is 0 Å². The highest BCUT2D eigenvalue weighted by Gasteiger charge is 2.12. The zero-order valence-electron chi connectivity index (χ0n) is 10.0. The lowest BCUT2D eigenvalue weighted by Gasteiger charge is -2.08. The Kier molecular flexibility index (Phi) is 3.90. The van der Waals surface area contributed by atoms with Gasteiger partial charge in [0.05, 0.1) is 10.8 Å². The van der Waals surface area contributed by atoms with E-state index in [0.29, 0.717) is 9.81 Å². The molecule has 2 aromatic rings. The summed E-state index contributed by atoms with van der Waals surface area (Å²) in [4.78, 5) is 1.17. The molecule has 0 spiro atoms. The molecule has 2 rings (SSSR count). The molecule has 0 atom stereocenters. The molecule has 0 amide bonds. The molecule has 2 aromatic carbocycles. The second-order valence-corrected chi connectivity index (χ2v) is 5.37. The highest BCUT2D eigenvalue weighted by Crippen LogP contribution is 2.26. The van der Waals surface area contributed by atoms with Crippen LogP contribution in [-0.2, 0) is 10.8 Å². The maximum Gasteiger partial charge on any atom is 0.0849 e. The Morgan fingerprint density at radius 3 is 1.39 bits per heavy atom. The van der Waals surface area contributed by atoms with E-state index in [2.05, 4.69) is 13.2 Å². The van der Waals surface area contributed by atoms with Crippen LogP contribution in [0.3, 0.4) is 0 Å². The highest BCUT2D eigenvalue weighted by molar-refractivity contribution is 8.03. The minimum Gasteiger partial charge on any atom is -0.249 e. The lowest BCUT2D eigenvalue weighted by Crippen LogP contribution is -1.96. The third-order valence-corrected chi connectivity index (χ3v) is 4.01. The molecule has 0 radical (unpaired) electrons. The van der Waals surface area contributed by atoms with Gasteiger partial charge >= 0.3 is 0 Å². The smallest absolute Gasteiger partial charge is 0.0849 e. The van der Waals surface area contributed by atoms with Gasteiger partial charge in [-0.25, -0.2) is 4.21 Å². The average Bonchev–Trinajstić information content (AvgIpc) is 2.47. The Hall–Kier alpha value is -1.93. The lowest BCUT2D eigenvalue weighted by molar-refractivity contribution is 0.694. The fourth-order valence-corrected chi connectivity index (χ4v) is 2.61. The molecular formula is C16H14OS. The van der Waals surface area contributed by atoms with Gasteiger partial charge in [-0.05, 0) is 11.1 Å². The summed E-state index contributed by atoms with van der Waals surface area (Å²) < 4.78 is 12.4. The van der Waals surface area contributed by atoms with E-state index >= 15 is 0 Å². The van der Waals surface area contributed by atoms with Crippen molar-refractivity contribution >= 4 is 20.6 Å². The summed E-state index contributed by atoms with van der Waals surface area (Å²) in [6.45, 7) is 7.82. The van der Waals surface area contributed by atoms with Crippen molar-refractivity contribution in [1.29, 1.82) is 0 Å². The van der Waals surface area contributed by atoms with Gasteiger partial charge in [0.2, 0.25) is 0 Å². The first-order valence-corrected chi connectivity index (χ1v) is 6.75. The molecule has 1 nitrogen and oxygen atoms in total. The van der Waals surface area contributed by atoms with E-state index in [1.807, 2.05) is 60.7 Å². The molecule has 0 unspecified atom stereocenters. The second kappa shape index (κ2) is 5.61. The number of benzene rings is 2. The van der Waals surface area contributed by atoms with Crippen LogP contribution in [0.15, 0.2) is 73.8 Å². The second-order valence-electron chi connectivity index (χ2n) is 3.85. The van der Waals surface area contributed by atoms with Crippen molar-refractivity contribution in [3.8, 4) is 0 Å². The van der Waals surface area contributed by atoms with Crippen molar-refractivity contribution in [3.63, 3.8) is 0 Å². The van der Waals surface area contributed by atoms with Gasteiger partial charge in [-0.1, -0.05) is 73.8 Å². The molecule has 0 bridgehead atoms. The third-order valence-electron chi connectivity index (χ3n) is 2.64. The van der Waals surface area contributed by atoms with Crippen LogP contribution in [0, 0.1) is 0 Å². The zero-order valence-corrected chi connectivity index (χ0v) is 10.8. The average molecular weight is 258 g/mol. The number of hydrogen-bond donors (Lipinski definition) is 0. The van der Waals surface area contributed by atoms with E-state index in [1.54, 1.807) is 0 Å². The summed E-state index contributed by atoms with van der Waals surface area (Å²) in [5, 5.41) is 0. The first-order valence-electron chi connectivity index (χ1n) is 5.60. The molecule has 0 fully saturated rings. The molecule has 0 heterocycles. The van der Waals surface area contributed by atoms with Gasteiger partial charge in [0, 0.05) is 9.81 Å².